The molecular formula is C20H20N4O4. The van der Waals surface area contributed by atoms with Gasteiger partial charge in [-0.2, -0.15) is 0 Å². The molecule has 2 aromatic heterocycles. The van der Waals surface area contributed by atoms with Crippen molar-refractivity contribution in [2.75, 3.05) is 26.3 Å². The van der Waals surface area contributed by atoms with Crippen molar-refractivity contribution in [3.8, 4) is 0 Å². The Hall–Kier alpha value is -3.26. The Morgan fingerprint density at radius 2 is 1.75 bits per heavy atom. The van der Waals surface area contributed by atoms with Gasteiger partial charge in [0.1, 0.15) is 6.54 Å². The molecule has 0 N–H and O–H groups in total. The first-order valence-corrected chi connectivity index (χ1v) is 9.13. The normalized spacial score (nSPS) is 14.4. The van der Waals surface area contributed by atoms with E-state index in [0.717, 1.165) is 10.1 Å². The molecule has 0 spiro atoms. The number of morpholine rings is 1. The maximum atomic E-state index is 13.1. The van der Waals surface area contributed by atoms with E-state index < -0.39 is 11.2 Å². The van der Waals surface area contributed by atoms with Gasteiger partial charge in [0.25, 0.3) is 5.56 Å². The fraction of sp³-hybridized carbons (Fsp3) is 0.300. The molecule has 0 bridgehead atoms. The number of hydrogen-bond acceptors (Lipinski definition) is 5. The van der Waals surface area contributed by atoms with E-state index in [1.165, 1.54) is 10.8 Å². The van der Waals surface area contributed by atoms with Crippen LogP contribution in [0.3, 0.4) is 0 Å². The minimum Gasteiger partial charge on any atom is -0.378 e. The van der Waals surface area contributed by atoms with Crippen LogP contribution in [-0.2, 0) is 22.6 Å². The van der Waals surface area contributed by atoms with Gasteiger partial charge in [-0.3, -0.25) is 18.7 Å². The molecule has 1 saturated heterocycles. The number of aromatic nitrogens is 3. The lowest BCUT2D eigenvalue weighted by molar-refractivity contribution is -0.135. The zero-order valence-electron chi connectivity index (χ0n) is 15.3. The molecule has 1 aliphatic rings. The molecule has 1 fully saturated rings. The fourth-order valence-corrected chi connectivity index (χ4v) is 3.35. The summed E-state index contributed by atoms with van der Waals surface area (Å²) >= 11 is 0. The molecule has 0 unspecified atom stereocenters. The smallest absolute Gasteiger partial charge is 0.332 e. The first kappa shape index (κ1) is 18.1. The topological polar surface area (TPSA) is 86.4 Å². The molecule has 0 saturated carbocycles. The van der Waals surface area contributed by atoms with Gasteiger partial charge in [0.15, 0.2) is 5.52 Å². The van der Waals surface area contributed by atoms with Gasteiger partial charge >= 0.3 is 5.69 Å². The Bertz CT molecular complexity index is 1110. The van der Waals surface area contributed by atoms with Crippen LogP contribution in [0, 0.1) is 0 Å². The van der Waals surface area contributed by atoms with Crippen LogP contribution < -0.4 is 11.2 Å². The predicted octanol–water partition coefficient (Wildman–Crippen LogP) is 0.465. The van der Waals surface area contributed by atoms with Crippen molar-refractivity contribution in [3.05, 3.63) is 75.1 Å². The summed E-state index contributed by atoms with van der Waals surface area (Å²) in [5.74, 6) is -0.180. The average molecular weight is 380 g/mol. The second-order valence-corrected chi connectivity index (χ2v) is 6.61. The molecule has 3 aromatic rings. The van der Waals surface area contributed by atoms with Crippen molar-refractivity contribution >= 4 is 16.9 Å². The predicted molar refractivity (Wildman–Crippen MR) is 103 cm³/mol. The third-order valence-corrected chi connectivity index (χ3v) is 4.83. The van der Waals surface area contributed by atoms with Gasteiger partial charge in [-0.25, -0.2) is 9.78 Å². The van der Waals surface area contributed by atoms with Gasteiger partial charge in [0.05, 0.1) is 25.3 Å². The van der Waals surface area contributed by atoms with Crippen LogP contribution >= 0.6 is 0 Å². The third-order valence-electron chi connectivity index (χ3n) is 4.83. The fourth-order valence-electron chi connectivity index (χ4n) is 3.35. The van der Waals surface area contributed by atoms with E-state index >= 15 is 0 Å². The minimum absolute atomic E-state index is 0.122. The van der Waals surface area contributed by atoms with E-state index in [1.54, 1.807) is 17.0 Å². The molecule has 0 atom stereocenters. The molecule has 144 valence electrons. The van der Waals surface area contributed by atoms with Crippen molar-refractivity contribution in [1.82, 2.24) is 19.0 Å². The minimum atomic E-state index is -0.518. The van der Waals surface area contributed by atoms with E-state index in [4.69, 9.17) is 4.74 Å². The van der Waals surface area contributed by atoms with Crippen molar-refractivity contribution in [2.24, 2.45) is 0 Å². The number of hydrogen-bond donors (Lipinski definition) is 0. The molecular weight excluding hydrogens is 360 g/mol. The van der Waals surface area contributed by atoms with E-state index in [9.17, 15) is 14.4 Å². The lowest BCUT2D eigenvalue weighted by Crippen LogP contribution is -2.46. The van der Waals surface area contributed by atoms with E-state index in [-0.39, 0.29) is 24.5 Å². The molecule has 0 radical (unpaired) electrons. The number of fused-ring (bicyclic) bond motifs is 1. The first-order chi connectivity index (χ1) is 13.6. The van der Waals surface area contributed by atoms with Crippen molar-refractivity contribution in [2.45, 2.75) is 13.1 Å². The van der Waals surface area contributed by atoms with E-state index in [1.807, 2.05) is 30.3 Å². The molecule has 28 heavy (non-hydrogen) atoms. The second-order valence-electron chi connectivity index (χ2n) is 6.61. The number of benzene rings is 1. The molecule has 1 amide bonds. The summed E-state index contributed by atoms with van der Waals surface area (Å²) in [6.45, 7) is 1.93. The Labute approximate surface area is 160 Å². The van der Waals surface area contributed by atoms with Gasteiger partial charge in [-0.05, 0) is 17.7 Å². The highest BCUT2D eigenvalue weighted by atomic mass is 16.5. The largest absolute Gasteiger partial charge is 0.378 e. The van der Waals surface area contributed by atoms with Crippen LogP contribution in [0.15, 0.2) is 58.3 Å². The summed E-state index contributed by atoms with van der Waals surface area (Å²) in [6, 6.07) is 12.5. The summed E-state index contributed by atoms with van der Waals surface area (Å²) in [7, 11) is 0. The monoisotopic (exact) mass is 380 g/mol. The van der Waals surface area contributed by atoms with Crippen LogP contribution in [0.4, 0.5) is 0 Å². The molecule has 3 heterocycles. The second kappa shape index (κ2) is 7.77. The number of amides is 1. The van der Waals surface area contributed by atoms with Crippen LogP contribution in [0.5, 0.6) is 0 Å². The Morgan fingerprint density at radius 1 is 1.00 bits per heavy atom. The van der Waals surface area contributed by atoms with Crippen molar-refractivity contribution < 1.29 is 9.53 Å². The molecule has 1 aromatic carbocycles. The molecule has 1 aliphatic heterocycles. The highest BCUT2D eigenvalue weighted by Crippen LogP contribution is 2.07. The number of carbonyl (C=O) groups is 1. The van der Waals surface area contributed by atoms with Gasteiger partial charge in [-0.1, -0.05) is 30.3 Å². The van der Waals surface area contributed by atoms with E-state index in [0.29, 0.717) is 31.8 Å². The van der Waals surface area contributed by atoms with Crippen LogP contribution in [0.2, 0.25) is 0 Å². The summed E-state index contributed by atoms with van der Waals surface area (Å²) < 4.78 is 7.75. The number of carbonyl (C=O) groups excluding carboxylic acids is 1. The van der Waals surface area contributed by atoms with Gasteiger partial charge in [0.2, 0.25) is 5.91 Å². The number of rotatable bonds is 4. The number of ether oxygens (including phenoxy) is 1. The standard InChI is InChI=1S/C20H20N4O4/c25-17(22-9-11-28-12-10-22)14-23-16-7-4-8-21-18(16)19(26)24(20(23)27)13-15-5-2-1-3-6-15/h1-8H,9-14H2. The molecule has 4 rings (SSSR count). The van der Waals surface area contributed by atoms with Crippen LogP contribution in [0.25, 0.3) is 11.0 Å². The number of nitrogens with zero attached hydrogens (tertiary/aromatic N) is 4. The average Bonchev–Trinajstić information content (AvgIpc) is 2.75. The van der Waals surface area contributed by atoms with Gasteiger partial charge < -0.3 is 9.64 Å². The quantitative estimate of drug-likeness (QED) is 0.657. The molecule has 8 heteroatoms. The van der Waals surface area contributed by atoms with E-state index in [2.05, 4.69) is 4.98 Å². The first-order valence-electron chi connectivity index (χ1n) is 9.13. The summed E-state index contributed by atoms with van der Waals surface area (Å²) in [4.78, 5) is 44.6. The number of pyridine rings is 1. The lowest BCUT2D eigenvalue weighted by Gasteiger charge is -2.27. The Kier molecular flexibility index (Phi) is 5.03. The van der Waals surface area contributed by atoms with Gasteiger partial charge in [0, 0.05) is 19.3 Å². The maximum Gasteiger partial charge on any atom is 0.332 e. The van der Waals surface area contributed by atoms with Crippen molar-refractivity contribution in [3.63, 3.8) is 0 Å². The zero-order chi connectivity index (χ0) is 19.5. The highest BCUT2D eigenvalue weighted by Gasteiger charge is 2.21. The molecule has 8 nitrogen and oxygen atoms in total. The Balaban J connectivity index is 1.79. The lowest BCUT2D eigenvalue weighted by atomic mass is 10.2. The summed E-state index contributed by atoms with van der Waals surface area (Å²) in [5.41, 5.74) is 0.384. The van der Waals surface area contributed by atoms with Crippen LogP contribution in [0.1, 0.15) is 5.56 Å². The maximum absolute atomic E-state index is 13.1. The SMILES string of the molecule is O=C(Cn1c(=O)n(Cc2ccccc2)c(=O)c2ncccc21)N1CCOCC1. The van der Waals surface area contributed by atoms with Crippen LogP contribution in [-0.4, -0.2) is 51.2 Å². The zero-order valence-corrected chi connectivity index (χ0v) is 15.3. The Morgan fingerprint density at radius 3 is 2.50 bits per heavy atom. The van der Waals surface area contributed by atoms with Gasteiger partial charge in [-0.15, -0.1) is 0 Å². The summed E-state index contributed by atoms with van der Waals surface area (Å²) in [6.07, 6.45) is 1.51. The van der Waals surface area contributed by atoms with Crippen molar-refractivity contribution in [1.29, 1.82) is 0 Å². The third kappa shape index (κ3) is 3.46. The molecule has 0 aliphatic carbocycles. The highest BCUT2D eigenvalue weighted by molar-refractivity contribution is 5.79. The summed E-state index contributed by atoms with van der Waals surface area (Å²) in [5, 5.41) is 0.